The number of amides is 2. The quantitative estimate of drug-likeness (QED) is 0.348. The lowest BCUT2D eigenvalue weighted by molar-refractivity contribution is -0.128. The zero-order chi connectivity index (χ0) is 9.68. The molecule has 1 aliphatic heterocycles. The molecule has 0 aromatic carbocycles. The molecule has 0 saturated carbocycles. The van der Waals surface area contributed by atoms with Crippen LogP contribution in [0.4, 0.5) is 0 Å². The van der Waals surface area contributed by atoms with E-state index in [1.165, 1.54) is 0 Å². The van der Waals surface area contributed by atoms with Crippen LogP contribution in [0, 0.1) is 0 Å². The van der Waals surface area contributed by atoms with Gasteiger partial charge in [-0.3, -0.25) is 15.0 Å². The highest BCUT2D eigenvalue weighted by atomic mass is 16.2. The smallest absolute Gasteiger partial charge is 0.233 e. The minimum absolute atomic E-state index is 0.174. The van der Waals surface area contributed by atoms with Crippen LogP contribution in [-0.4, -0.2) is 29.8 Å². The topological polar surface area (TPSA) is 75.4 Å². The van der Waals surface area contributed by atoms with E-state index in [1.54, 1.807) is 4.90 Å². The van der Waals surface area contributed by atoms with Gasteiger partial charge in [-0.2, -0.15) is 0 Å². The first kappa shape index (κ1) is 9.98. The molecule has 0 atom stereocenters. The summed E-state index contributed by atoms with van der Waals surface area (Å²) >= 11 is 0. The fourth-order valence-corrected chi connectivity index (χ4v) is 1.44. The number of nitrogens with zero attached hydrogens (tertiary/aromatic N) is 1. The molecule has 1 heterocycles. The monoisotopic (exact) mass is 185 g/mol. The van der Waals surface area contributed by atoms with Crippen LogP contribution in [0.5, 0.6) is 0 Å². The predicted octanol–water partition coefficient (Wildman–Crippen LogP) is -0.621. The molecule has 13 heavy (non-hydrogen) atoms. The highest BCUT2D eigenvalue weighted by Gasteiger charge is 2.19. The van der Waals surface area contributed by atoms with Gasteiger partial charge >= 0.3 is 0 Å². The molecule has 2 amide bonds. The van der Waals surface area contributed by atoms with Gasteiger partial charge in [-0.25, -0.2) is 5.84 Å². The minimum atomic E-state index is -0.174. The van der Waals surface area contributed by atoms with E-state index in [9.17, 15) is 9.59 Å². The average Bonchev–Trinajstić information content (AvgIpc) is 2.52. The summed E-state index contributed by atoms with van der Waals surface area (Å²) in [6, 6.07) is 0. The van der Waals surface area contributed by atoms with Crippen LogP contribution in [0.15, 0.2) is 0 Å². The van der Waals surface area contributed by atoms with Gasteiger partial charge in [0.2, 0.25) is 11.8 Å². The van der Waals surface area contributed by atoms with Gasteiger partial charge in [-0.15, -0.1) is 0 Å². The van der Waals surface area contributed by atoms with Gasteiger partial charge in [0.15, 0.2) is 0 Å². The minimum Gasteiger partial charge on any atom is -0.343 e. The molecule has 0 bridgehead atoms. The van der Waals surface area contributed by atoms with Crippen molar-refractivity contribution in [3.05, 3.63) is 0 Å². The Bertz CT molecular complexity index is 206. The molecule has 0 aromatic rings. The third kappa shape index (κ3) is 3.02. The molecule has 0 unspecified atom stereocenters. The average molecular weight is 185 g/mol. The molecule has 0 radical (unpaired) electrons. The summed E-state index contributed by atoms with van der Waals surface area (Å²) < 4.78 is 0. The maximum Gasteiger partial charge on any atom is 0.233 e. The van der Waals surface area contributed by atoms with Crippen molar-refractivity contribution in [1.82, 2.24) is 10.3 Å². The molecule has 5 heteroatoms. The van der Waals surface area contributed by atoms with Crippen LogP contribution in [0.3, 0.4) is 0 Å². The highest BCUT2D eigenvalue weighted by Crippen LogP contribution is 2.10. The van der Waals surface area contributed by atoms with Crippen molar-refractivity contribution in [3.8, 4) is 0 Å². The normalized spacial score (nSPS) is 16.4. The summed E-state index contributed by atoms with van der Waals surface area (Å²) in [5, 5.41) is 0. The molecular formula is C8H15N3O2. The Labute approximate surface area is 77.2 Å². The largest absolute Gasteiger partial charge is 0.343 e. The Morgan fingerprint density at radius 2 is 2.38 bits per heavy atom. The van der Waals surface area contributed by atoms with E-state index in [2.05, 4.69) is 5.43 Å². The van der Waals surface area contributed by atoms with Gasteiger partial charge in [-0.1, -0.05) is 0 Å². The zero-order valence-corrected chi connectivity index (χ0v) is 7.58. The molecule has 74 valence electrons. The van der Waals surface area contributed by atoms with Gasteiger partial charge in [0, 0.05) is 25.9 Å². The van der Waals surface area contributed by atoms with Gasteiger partial charge < -0.3 is 4.90 Å². The van der Waals surface area contributed by atoms with Crippen molar-refractivity contribution in [3.63, 3.8) is 0 Å². The number of nitrogens with one attached hydrogen (secondary N) is 1. The molecule has 5 nitrogen and oxygen atoms in total. The molecule has 0 aliphatic carbocycles. The fourth-order valence-electron chi connectivity index (χ4n) is 1.44. The van der Waals surface area contributed by atoms with Crippen LogP contribution in [0.1, 0.15) is 25.7 Å². The van der Waals surface area contributed by atoms with E-state index in [-0.39, 0.29) is 11.8 Å². The standard InChI is InChI=1S/C8H15N3O2/c9-10-7(12)3-1-5-11-6-2-4-8(11)13/h1-6,9H2,(H,10,12). The number of carbonyl (C=O) groups is 2. The van der Waals surface area contributed by atoms with Gasteiger partial charge in [0.05, 0.1) is 0 Å². The summed E-state index contributed by atoms with van der Waals surface area (Å²) in [7, 11) is 0. The Balaban J connectivity index is 2.12. The molecule has 0 spiro atoms. The van der Waals surface area contributed by atoms with Crippen molar-refractivity contribution in [2.24, 2.45) is 5.84 Å². The Kier molecular flexibility index (Phi) is 3.70. The molecule has 1 saturated heterocycles. The number of likely N-dealkylation sites (tertiary alicyclic amines) is 1. The lowest BCUT2D eigenvalue weighted by Crippen LogP contribution is -2.31. The van der Waals surface area contributed by atoms with Crippen LogP contribution in [0.2, 0.25) is 0 Å². The van der Waals surface area contributed by atoms with E-state index < -0.39 is 0 Å². The van der Waals surface area contributed by atoms with E-state index >= 15 is 0 Å². The number of rotatable bonds is 4. The summed E-state index contributed by atoms with van der Waals surface area (Å²) in [5.41, 5.74) is 2.06. The van der Waals surface area contributed by atoms with Gasteiger partial charge in [0.1, 0.15) is 0 Å². The van der Waals surface area contributed by atoms with Crippen molar-refractivity contribution in [2.75, 3.05) is 13.1 Å². The van der Waals surface area contributed by atoms with E-state index in [4.69, 9.17) is 5.84 Å². The van der Waals surface area contributed by atoms with Crippen molar-refractivity contribution >= 4 is 11.8 Å². The van der Waals surface area contributed by atoms with E-state index in [0.29, 0.717) is 25.8 Å². The second kappa shape index (κ2) is 4.81. The summed E-state index contributed by atoms with van der Waals surface area (Å²) in [6.45, 7) is 1.51. The lowest BCUT2D eigenvalue weighted by atomic mass is 10.3. The van der Waals surface area contributed by atoms with Crippen molar-refractivity contribution in [1.29, 1.82) is 0 Å². The number of carbonyl (C=O) groups excluding carboxylic acids is 2. The highest BCUT2D eigenvalue weighted by molar-refractivity contribution is 5.78. The molecule has 0 aromatic heterocycles. The van der Waals surface area contributed by atoms with Crippen LogP contribution in [-0.2, 0) is 9.59 Å². The maximum absolute atomic E-state index is 11.1. The van der Waals surface area contributed by atoms with E-state index in [0.717, 1.165) is 13.0 Å². The maximum atomic E-state index is 11.1. The molecule has 1 aliphatic rings. The third-order valence-corrected chi connectivity index (χ3v) is 2.16. The molecule has 3 N–H and O–H groups in total. The fraction of sp³-hybridized carbons (Fsp3) is 0.750. The predicted molar refractivity (Wildman–Crippen MR) is 47.4 cm³/mol. The second-order valence-corrected chi connectivity index (χ2v) is 3.16. The summed E-state index contributed by atoms with van der Waals surface area (Å²) in [5.74, 6) is 4.94. The summed E-state index contributed by atoms with van der Waals surface area (Å²) in [4.78, 5) is 23.6. The Morgan fingerprint density at radius 1 is 1.62 bits per heavy atom. The Hall–Kier alpha value is -1.10. The Morgan fingerprint density at radius 3 is 2.92 bits per heavy atom. The van der Waals surface area contributed by atoms with Crippen LogP contribution >= 0.6 is 0 Å². The molecular weight excluding hydrogens is 170 g/mol. The second-order valence-electron chi connectivity index (χ2n) is 3.16. The number of hydrogen-bond acceptors (Lipinski definition) is 3. The lowest BCUT2D eigenvalue weighted by Gasteiger charge is -2.14. The van der Waals surface area contributed by atoms with Crippen LogP contribution < -0.4 is 11.3 Å². The molecule has 1 fully saturated rings. The van der Waals surface area contributed by atoms with E-state index in [1.807, 2.05) is 0 Å². The summed E-state index contributed by atoms with van der Waals surface area (Å²) in [6.07, 6.45) is 2.68. The third-order valence-electron chi connectivity index (χ3n) is 2.16. The van der Waals surface area contributed by atoms with Gasteiger partial charge in [-0.05, 0) is 12.8 Å². The first-order valence-corrected chi connectivity index (χ1v) is 4.51. The first-order valence-electron chi connectivity index (χ1n) is 4.51. The number of nitrogens with two attached hydrogens (primary N) is 1. The number of hydrazine groups is 1. The van der Waals surface area contributed by atoms with Crippen molar-refractivity contribution < 1.29 is 9.59 Å². The zero-order valence-electron chi connectivity index (χ0n) is 7.58. The SMILES string of the molecule is NNC(=O)CCCN1CCCC1=O. The first-order chi connectivity index (χ1) is 6.24. The van der Waals surface area contributed by atoms with Crippen LogP contribution in [0.25, 0.3) is 0 Å². The molecule has 1 rings (SSSR count). The number of hydrogen-bond donors (Lipinski definition) is 2. The van der Waals surface area contributed by atoms with Crippen molar-refractivity contribution in [2.45, 2.75) is 25.7 Å². The van der Waals surface area contributed by atoms with Gasteiger partial charge in [0.25, 0.3) is 0 Å².